The summed E-state index contributed by atoms with van der Waals surface area (Å²) in [6.45, 7) is 5.81. The van der Waals surface area contributed by atoms with E-state index in [-0.39, 0.29) is 18.3 Å². The number of anilines is 1. The largest absolute Gasteiger partial charge is 0.495 e. The number of rotatable bonds is 7. The van der Waals surface area contributed by atoms with Gasteiger partial charge in [-0.1, -0.05) is 11.6 Å². The number of hydrogen-bond acceptors (Lipinski definition) is 4. The summed E-state index contributed by atoms with van der Waals surface area (Å²) in [4.78, 5) is 27.3. The zero-order valence-corrected chi connectivity index (χ0v) is 16.1. The lowest BCUT2D eigenvalue weighted by Gasteiger charge is -2.10. The lowest BCUT2D eigenvalue weighted by atomic mass is 10.0. The molecule has 0 fully saturated rings. The van der Waals surface area contributed by atoms with Gasteiger partial charge in [0.25, 0.3) is 0 Å². The highest BCUT2D eigenvalue weighted by atomic mass is 35.5. The maximum absolute atomic E-state index is 12.3. The van der Waals surface area contributed by atoms with E-state index in [1.165, 1.54) is 7.11 Å². The van der Waals surface area contributed by atoms with Gasteiger partial charge in [0.2, 0.25) is 5.91 Å². The van der Waals surface area contributed by atoms with Gasteiger partial charge in [-0.2, -0.15) is 0 Å². The Morgan fingerprint density at radius 3 is 2.65 bits per heavy atom. The summed E-state index contributed by atoms with van der Waals surface area (Å²) >= 11 is 5.98. The van der Waals surface area contributed by atoms with Crippen molar-refractivity contribution in [2.45, 2.75) is 33.6 Å². The van der Waals surface area contributed by atoms with Gasteiger partial charge in [-0.05, 0) is 56.5 Å². The number of aryl methyl sites for hydroxylation is 1. The van der Waals surface area contributed by atoms with Crippen molar-refractivity contribution in [3.63, 3.8) is 0 Å². The molecule has 0 saturated carbocycles. The van der Waals surface area contributed by atoms with Crippen molar-refractivity contribution in [2.75, 3.05) is 19.0 Å². The summed E-state index contributed by atoms with van der Waals surface area (Å²) in [6.07, 6.45) is 0.764. The maximum atomic E-state index is 12.3. The molecule has 6 nitrogen and oxygen atoms in total. The number of ether oxygens (including phenoxy) is 2. The van der Waals surface area contributed by atoms with Crippen molar-refractivity contribution in [1.29, 1.82) is 0 Å². The van der Waals surface area contributed by atoms with E-state index in [0.29, 0.717) is 35.2 Å². The normalized spacial score (nSPS) is 10.5. The first-order valence-corrected chi connectivity index (χ1v) is 8.73. The van der Waals surface area contributed by atoms with Crippen LogP contribution in [0, 0.1) is 13.8 Å². The zero-order chi connectivity index (χ0) is 19.3. The Morgan fingerprint density at radius 2 is 2.00 bits per heavy atom. The highest BCUT2D eigenvalue weighted by Crippen LogP contribution is 2.28. The lowest BCUT2D eigenvalue weighted by Crippen LogP contribution is -2.13. The maximum Gasteiger partial charge on any atom is 0.355 e. The number of esters is 1. The molecule has 140 valence electrons. The van der Waals surface area contributed by atoms with Crippen molar-refractivity contribution in [3.05, 3.63) is 45.7 Å². The van der Waals surface area contributed by atoms with Crippen molar-refractivity contribution in [2.24, 2.45) is 0 Å². The summed E-state index contributed by atoms with van der Waals surface area (Å²) in [5, 5.41) is 3.32. The molecular weight excluding hydrogens is 356 g/mol. The first-order valence-electron chi connectivity index (χ1n) is 8.35. The van der Waals surface area contributed by atoms with Gasteiger partial charge in [0.15, 0.2) is 0 Å². The SMILES string of the molecule is CCOC(=O)c1[nH]c(C)c(CCC(=O)Nc2cc(Cl)ccc2OC)c1C. The van der Waals surface area contributed by atoms with Crippen LogP contribution < -0.4 is 10.1 Å². The minimum absolute atomic E-state index is 0.164. The molecule has 0 atom stereocenters. The molecule has 7 heteroatoms. The Labute approximate surface area is 157 Å². The number of carbonyl (C=O) groups is 2. The van der Waals surface area contributed by atoms with Crippen LogP contribution in [0.4, 0.5) is 5.69 Å². The molecule has 0 aliphatic heterocycles. The first-order chi connectivity index (χ1) is 12.4. The molecule has 1 amide bonds. The van der Waals surface area contributed by atoms with Crippen molar-refractivity contribution in [1.82, 2.24) is 4.98 Å². The van der Waals surface area contributed by atoms with E-state index in [4.69, 9.17) is 21.1 Å². The molecule has 26 heavy (non-hydrogen) atoms. The summed E-state index contributed by atoms with van der Waals surface area (Å²) in [6, 6.07) is 5.04. The average Bonchev–Trinajstić information content (AvgIpc) is 2.88. The number of aromatic nitrogens is 1. The predicted molar refractivity (Wildman–Crippen MR) is 101 cm³/mol. The smallest absolute Gasteiger partial charge is 0.355 e. The fraction of sp³-hybridized carbons (Fsp3) is 0.368. The van der Waals surface area contributed by atoms with Crippen molar-refractivity contribution >= 4 is 29.2 Å². The molecule has 1 aromatic carbocycles. The molecule has 0 bridgehead atoms. The molecule has 1 aromatic heterocycles. The number of carbonyl (C=O) groups excluding carboxylic acids is 2. The monoisotopic (exact) mass is 378 g/mol. The summed E-state index contributed by atoms with van der Waals surface area (Å²) in [5.74, 6) is -0.00271. The quantitative estimate of drug-likeness (QED) is 0.712. The number of aromatic amines is 1. The van der Waals surface area contributed by atoms with E-state index in [1.807, 2.05) is 13.8 Å². The van der Waals surface area contributed by atoms with Crippen LogP contribution in [-0.4, -0.2) is 30.6 Å². The Balaban J connectivity index is 2.06. The van der Waals surface area contributed by atoms with E-state index < -0.39 is 0 Å². The molecule has 0 saturated heterocycles. The van der Waals surface area contributed by atoms with Crippen molar-refractivity contribution in [3.8, 4) is 5.75 Å². The van der Waals surface area contributed by atoms with Gasteiger partial charge >= 0.3 is 5.97 Å². The minimum Gasteiger partial charge on any atom is -0.495 e. The number of halogens is 1. The van der Waals surface area contributed by atoms with Gasteiger partial charge < -0.3 is 19.8 Å². The zero-order valence-electron chi connectivity index (χ0n) is 15.4. The number of methoxy groups -OCH3 is 1. The van der Waals surface area contributed by atoms with Crippen molar-refractivity contribution < 1.29 is 19.1 Å². The number of H-pyrrole nitrogens is 1. The number of benzene rings is 1. The van der Waals surface area contributed by atoms with Gasteiger partial charge in [0.1, 0.15) is 11.4 Å². The Morgan fingerprint density at radius 1 is 1.27 bits per heavy atom. The second-order valence-corrected chi connectivity index (χ2v) is 6.28. The molecule has 2 aromatic rings. The van der Waals surface area contributed by atoms with Gasteiger partial charge in [0, 0.05) is 17.1 Å². The van der Waals surface area contributed by atoms with Gasteiger partial charge in [-0.25, -0.2) is 4.79 Å². The molecule has 1 heterocycles. The van der Waals surface area contributed by atoms with Crippen LogP contribution in [0.1, 0.15) is 40.7 Å². The van der Waals surface area contributed by atoms with E-state index >= 15 is 0 Å². The minimum atomic E-state index is -0.382. The Hall–Kier alpha value is -2.47. The summed E-state index contributed by atoms with van der Waals surface area (Å²) < 4.78 is 10.3. The molecule has 2 rings (SSSR count). The fourth-order valence-electron chi connectivity index (χ4n) is 2.80. The van der Waals surface area contributed by atoms with Crippen LogP contribution in [0.3, 0.4) is 0 Å². The van der Waals surface area contributed by atoms with Gasteiger partial charge in [-0.15, -0.1) is 0 Å². The van der Waals surface area contributed by atoms with Gasteiger partial charge in [-0.3, -0.25) is 4.79 Å². The molecule has 0 radical (unpaired) electrons. The summed E-state index contributed by atoms with van der Waals surface area (Å²) in [5.41, 5.74) is 3.59. The Kier molecular flexibility index (Phi) is 6.69. The topological polar surface area (TPSA) is 80.4 Å². The van der Waals surface area contributed by atoms with Crippen LogP contribution >= 0.6 is 11.6 Å². The number of nitrogens with one attached hydrogen (secondary N) is 2. The molecule has 0 unspecified atom stereocenters. The summed E-state index contributed by atoms with van der Waals surface area (Å²) in [7, 11) is 1.53. The molecule has 0 aliphatic rings. The highest BCUT2D eigenvalue weighted by Gasteiger charge is 2.19. The third-order valence-corrected chi connectivity index (χ3v) is 4.35. The highest BCUT2D eigenvalue weighted by molar-refractivity contribution is 6.31. The molecule has 0 aliphatic carbocycles. The second-order valence-electron chi connectivity index (χ2n) is 5.84. The van der Waals surface area contributed by atoms with E-state index in [2.05, 4.69) is 10.3 Å². The average molecular weight is 379 g/mol. The van der Waals surface area contributed by atoms with Crippen LogP contribution in [0.5, 0.6) is 5.75 Å². The number of amides is 1. The van der Waals surface area contributed by atoms with Crippen LogP contribution in [-0.2, 0) is 16.0 Å². The molecule has 2 N–H and O–H groups in total. The second kappa shape index (κ2) is 8.76. The first kappa shape index (κ1) is 19.8. The van der Waals surface area contributed by atoms with Crippen LogP contribution in [0.15, 0.2) is 18.2 Å². The Bertz CT molecular complexity index is 814. The lowest BCUT2D eigenvalue weighted by molar-refractivity contribution is -0.116. The molecular formula is C19H23ClN2O4. The van der Waals surface area contributed by atoms with E-state index in [0.717, 1.165) is 16.8 Å². The molecule has 0 spiro atoms. The van der Waals surface area contributed by atoms with E-state index in [9.17, 15) is 9.59 Å². The fourth-order valence-corrected chi connectivity index (χ4v) is 2.97. The number of hydrogen-bond donors (Lipinski definition) is 2. The third kappa shape index (κ3) is 4.58. The van der Waals surface area contributed by atoms with Crippen LogP contribution in [0.2, 0.25) is 5.02 Å². The third-order valence-electron chi connectivity index (χ3n) is 4.11. The van der Waals surface area contributed by atoms with Crippen LogP contribution in [0.25, 0.3) is 0 Å². The predicted octanol–water partition coefficient (Wildman–Crippen LogP) is 4.04. The standard InChI is InChI=1S/C19H23ClN2O4/c1-5-26-19(24)18-11(2)14(12(3)21-18)7-9-17(23)22-15-10-13(20)6-8-16(15)25-4/h6,8,10,21H,5,7,9H2,1-4H3,(H,22,23). The van der Waals surface area contributed by atoms with E-state index in [1.54, 1.807) is 25.1 Å². The van der Waals surface area contributed by atoms with Gasteiger partial charge in [0.05, 0.1) is 19.4 Å².